The number of carboxylic acids is 1. The molecule has 5 nitrogen and oxygen atoms in total. The summed E-state index contributed by atoms with van der Waals surface area (Å²) in [6.07, 6.45) is 20.3. The Morgan fingerprint density at radius 1 is 0.902 bits per heavy atom. The minimum Gasteiger partial charge on any atom is -0.481 e. The fourth-order valence-electron chi connectivity index (χ4n) is 17.8. The van der Waals surface area contributed by atoms with Crippen LogP contribution in [0.1, 0.15) is 148 Å². The molecule has 0 radical (unpaired) electrons. The zero-order valence-corrected chi connectivity index (χ0v) is 32.8. The van der Waals surface area contributed by atoms with Crippen LogP contribution in [0.4, 0.5) is 0 Å². The van der Waals surface area contributed by atoms with Gasteiger partial charge in [0.1, 0.15) is 0 Å². The molecule has 8 aliphatic rings. The van der Waals surface area contributed by atoms with Gasteiger partial charge in [-0.2, -0.15) is 0 Å². The average molecular weight is 701 g/mol. The van der Waals surface area contributed by atoms with E-state index in [9.17, 15) is 15.0 Å². The largest absolute Gasteiger partial charge is 0.481 e. The molecule has 2 N–H and O–H groups in total. The van der Waals surface area contributed by atoms with Crippen molar-refractivity contribution in [2.75, 3.05) is 13.7 Å². The van der Waals surface area contributed by atoms with Gasteiger partial charge in [0, 0.05) is 24.9 Å². The van der Waals surface area contributed by atoms with E-state index in [0.29, 0.717) is 23.7 Å². The molecule has 2 spiro atoms. The summed E-state index contributed by atoms with van der Waals surface area (Å²) in [5.41, 5.74) is 3.21. The van der Waals surface area contributed by atoms with Gasteiger partial charge in [0.25, 0.3) is 0 Å². The zero-order valence-electron chi connectivity index (χ0n) is 32.8. The van der Waals surface area contributed by atoms with Crippen molar-refractivity contribution in [2.45, 2.75) is 162 Å². The molecular formula is C46H68O5. The number of ether oxygens (including phenoxy) is 2. The molecule has 282 valence electrons. The first kappa shape index (κ1) is 35.3. The molecule has 0 amide bonds. The lowest BCUT2D eigenvalue weighted by Gasteiger charge is -2.85. The summed E-state index contributed by atoms with van der Waals surface area (Å²) in [4.78, 5) is 12.9. The van der Waals surface area contributed by atoms with Crippen molar-refractivity contribution in [2.24, 2.45) is 67.5 Å². The van der Waals surface area contributed by atoms with Crippen LogP contribution in [0.2, 0.25) is 0 Å². The number of aliphatic hydroxyl groups is 1. The van der Waals surface area contributed by atoms with Crippen LogP contribution in [0.15, 0.2) is 24.3 Å². The van der Waals surface area contributed by atoms with E-state index in [1.165, 1.54) is 75.3 Å². The molecule has 9 rings (SSSR count). The molecule has 4 bridgehead atoms. The molecule has 1 aliphatic heterocycles. The van der Waals surface area contributed by atoms with E-state index >= 15 is 0 Å². The molecule has 7 saturated carbocycles. The van der Waals surface area contributed by atoms with E-state index in [0.717, 1.165) is 58.0 Å². The van der Waals surface area contributed by atoms with Crippen LogP contribution in [-0.4, -0.2) is 41.8 Å². The number of fused-ring (bicyclic) bond motifs is 2. The van der Waals surface area contributed by atoms with Crippen LogP contribution in [0.25, 0.3) is 0 Å². The predicted molar refractivity (Wildman–Crippen MR) is 200 cm³/mol. The summed E-state index contributed by atoms with van der Waals surface area (Å²) in [5, 5.41) is 23.3. The van der Waals surface area contributed by atoms with E-state index < -0.39 is 17.2 Å². The van der Waals surface area contributed by atoms with Crippen molar-refractivity contribution in [3.8, 4) is 0 Å². The summed E-state index contributed by atoms with van der Waals surface area (Å²) >= 11 is 0. The van der Waals surface area contributed by atoms with Gasteiger partial charge in [-0.15, -0.1) is 0 Å². The van der Waals surface area contributed by atoms with E-state index in [4.69, 9.17) is 9.47 Å². The Hall–Kier alpha value is -1.43. The first-order chi connectivity index (χ1) is 24.2. The van der Waals surface area contributed by atoms with Crippen molar-refractivity contribution in [3.63, 3.8) is 0 Å². The van der Waals surface area contributed by atoms with Gasteiger partial charge in [0.15, 0.2) is 5.79 Å². The van der Waals surface area contributed by atoms with Crippen molar-refractivity contribution in [1.29, 1.82) is 0 Å². The van der Waals surface area contributed by atoms with E-state index in [2.05, 4.69) is 58.9 Å². The number of rotatable bonds is 8. The molecule has 51 heavy (non-hydrogen) atoms. The fourth-order valence-corrected chi connectivity index (χ4v) is 17.8. The molecule has 8 fully saturated rings. The number of carboxylic acid groups (broad SMARTS) is 1. The third kappa shape index (κ3) is 4.19. The Labute approximate surface area is 308 Å². The Morgan fingerprint density at radius 2 is 1.65 bits per heavy atom. The van der Waals surface area contributed by atoms with Crippen molar-refractivity contribution >= 4 is 5.97 Å². The summed E-state index contributed by atoms with van der Waals surface area (Å²) in [5.74, 6) is 0.862. The van der Waals surface area contributed by atoms with Crippen molar-refractivity contribution in [3.05, 3.63) is 35.4 Å². The van der Waals surface area contributed by atoms with Gasteiger partial charge in [0.05, 0.1) is 18.1 Å². The maximum absolute atomic E-state index is 12.9. The van der Waals surface area contributed by atoms with Crippen LogP contribution in [0.5, 0.6) is 0 Å². The minimum absolute atomic E-state index is 0.00915. The third-order valence-electron chi connectivity index (χ3n) is 19.9. The van der Waals surface area contributed by atoms with Gasteiger partial charge in [-0.1, -0.05) is 64.8 Å². The second kappa shape index (κ2) is 11.3. The molecular weight excluding hydrogens is 633 g/mol. The first-order valence-corrected chi connectivity index (χ1v) is 21.4. The Morgan fingerprint density at radius 3 is 2.37 bits per heavy atom. The Balaban J connectivity index is 1.16. The van der Waals surface area contributed by atoms with Crippen molar-refractivity contribution in [1.82, 2.24) is 0 Å². The van der Waals surface area contributed by atoms with E-state index in [-0.39, 0.29) is 44.5 Å². The highest BCUT2D eigenvalue weighted by Crippen LogP contribution is 2.90. The lowest BCUT2D eigenvalue weighted by atomic mass is 9.19. The number of methoxy groups -OCH3 is 1. The molecule has 14 atom stereocenters. The molecule has 1 heterocycles. The summed E-state index contributed by atoms with van der Waals surface area (Å²) in [6.45, 7) is 13.3. The van der Waals surface area contributed by atoms with Crippen molar-refractivity contribution < 1.29 is 24.5 Å². The standard InChI is InChI=1S/C46H68O5/c1-7-9-34-45-24-23-44-18-8-17-43(35-29-40(3,38(47)48)20-19-39(35,2)21-22-41(43,44)4)28-33-15-14-32(37(45)42(33,44)5)27-46(34,49)51-36(45)26-31-12-10-30(11-13-31)16-25-50-6/h10-13,32-37,49H,7-9,14-29H2,1-6H3,(H,47,48). The van der Waals surface area contributed by atoms with Gasteiger partial charge >= 0.3 is 5.97 Å². The van der Waals surface area contributed by atoms with Gasteiger partial charge in [-0.25, -0.2) is 0 Å². The summed E-state index contributed by atoms with van der Waals surface area (Å²) in [7, 11) is 1.77. The van der Waals surface area contributed by atoms with Gasteiger partial charge in [-0.05, 0) is 165 Å². The molecule has 1 saturated heterocycles. The third-order valence-corrected chi connectivity index (χ3v) is 19.9. The number of benzene rings is 1. The highest BCUT2D eigenvalue weighted by Gasteiger charge is 2.85. The number of hydrogen-bond donors (Lipinski definition) is 2. The van der Waals surface area contributed by atoms with Crippen LogP contribution < -0.4 is 0 Å². The highest BCUT2D eigenvalue weighted by atomic mass is 16.6. The second-order valence-electron chi connectivity index (χ2n) is 21.1. The maximum Gasteiger partial charge on any atom is 0.309 e. The SMILES string of the molecule is CCCC1C2(O)CC3CCC4CC56CCCC7(CCC1(C(Cc1ccc(CCOC)cc1)O2)C3C47C)C5(C)CCC1(C)CCC(C)(C(=O)O)CC16. The Bertz CT molecular complexity index is 1560. The smallest absolute Gasteiger partial charge is 0.309 e. The monoisotopic (exact) mass is 701 g/mol. The molecule has 5 heteroatoms. The van der Waals surface area contributed by atoms with Crippen LogP contribution in [-0.2, 0) is 27.1 Å². The minimum atomic E-state index is -1.02. The summed E-state index contributed by atoms with van der Waals surface area (Å²) in [6, 6.07) is 9.21. The molecule has 7 aliphatic carbocycles. The summed E-state index contributed by atoms with van der Waals surface area (Å²) < 4.78 is 12.6. The van der Waals surface area contributed by atoms with Gasteiger partial charge in [0.2, 0.25) is 0 Å². The quantitative estimate of drug-likeness (QED) is 0.282. The lowest BCUT2D eigenvalue weighted by Crippen LogP contribution is -2.79. The predicted octanol–water partition coefficient (Wildman–Crippen LogP) is 10.0. The molecule has 1 aromatic rings. The molecule has 0 aromatic heterocycles. The van der Waals surface area contributed by atoms with Crippen LogP contribution >= 0.6 is 0 Å². The number of carbonyl (C=O) groups is 1. The van der Waals surface area contributed by atoms with E-state index in [1.807, 2.05) is 0 Å². The fraction of sp³-hybridized carbons (Fsp3) is 0.848. The molecule has 1 aromatic carbocycles. The van der Waals surface area contributed by atoms with Gasteiger partial charge < -0.3 is 19.7 Å². The zero-order chi connectivity index (χ0) is 35.9. The normalized spacial score (nSPS) is 53.5. The van der Waals surface area contributed by atoms with Crippen LogP contribution in [0, 0.1) is 67.5 Å². The number of aliphatic carboxylic acids is 1. The van der Waals surface area contributed by atoms with Gasteiger partial charge in [-0.3, -0.25) is 4.79 Å². The number of hydrogen-bond acceptors (Lipinski definition) is 4. The van der Waals surface area contributed by atoms with E-state index in [1.54, 1.807) is 7.11 Å². The second-order valence-corrected chi connectivity index (χ2v) is 21.1. The maximum atomic E-state index is 12.9. The van der Waals surface area contributed by atoms with Crippen LogP contribution in [0.3, 0.4) is 0 Å². The first-order valence-electron chi connectivity index (χ1n) is 21.4. The molecule has 14 unspecified atom stereocenters. The average Bonchev–Trinajstić information content (AvgIpc) is 3.23. The topological polar surface area (TPSA) is 76.0 Å². The highest BCUT2D eigenvalue weighted by molar-refractivity contribution is 5.74. The lowest BCUT2D eigenvalue weighted by molar-refractivity contribution is -0.369. The Kier molecular flexibility index (Phi) is 7.83.